The SMILES string of the molecule is CC(NC(CO)c1ccc(Cl)cc1)c1ccc(Cl)s1. The van der Waals surface area contributed by atoms with Crippen LogP contribution < -0.4 is 5.32 Å². The zero-order valence-corrected chi connectivity index (χ0v) is 12.8. The Morgan fingerprint density at radius 1 is 1.16 bits per heavy atom. The van der Waals surface area contributed by atoms with Crippen LogP contribution in [0.4, 0.5) is 0 Å². The van der Waals surface area contributed by atoms with E-state index in [4.69, 9.17) is 23.2 Å². The van der Waals surface area contributed by atoms with Crippen molar-refractivity contribution in [2.45, 2.75) is 19.0 Å². The maximum absolute atomic E-state index is 9.53. The Hall–Kier alpha value is -0.580. The lowest BCUT2D eigenvalue weighted by atomic mass is 10.1. The van der Waals surface area contributed by atoms with Gasteiger partial charge in [-0.1, -0.05) is 35.3 Å². The Balaban J connectivity index is 2.08. The predicted octanol–water partition coefficient (Wildman–Crippen LogP) is 4.44. The summed E-state index contributed by atoms with van der Waals surface area (Å²) in [4.78, 5) is 1.15. The van der Waals surface area contributed by atoms with Crippen LogP contribution in [0.5, 0.6) is 0 Å². The summed E-state index contributed by atoms with van der Waals surface area (Å²) in [7, 11) is 0. The number of rotatable bonds is 5. The highest BCUT2D eigenvalue weighted by Crippen LogP contribution is 2.28. The number of benzene rings is 1. The number of hydrogen-bond donors (Lipinski definition) is 2. The number of nitrogens with one attached hydrogen (secondary N) is 1. The van der Waals surface area contributed by atoms with E-state index in [0.29, 0.717) is 5.02 Å². The van der Waals surface area contributed by atoms with Gasteiger partial charge in [-0.2, -0.15) is 0 Å². The molecule has 19 heavy (non-hydrogen) atoms. The summed E-state index contributed by atoms with van der Waals surface area (Å²) in [5.74, 6) is 0. The van der Waals surface area contributed by atoms with E-state index >= 15 is 0 Å². The molecule has 0 aliphatic heterocycles. The van der Waals surface area contributed by atoms with Gasteiger partial charge in [-0.3, -0.25) is 0 Å². The minimum atomic E-state index is -0.117. The summed E-state index contributed by atoms with van der Waals surface area (Å²) >= 11 is 13.4. The lowest BCUT2D eigenvalue weighted by molar-refractivity contribution is 0.236. The Morgan fingerprint density at radius 2 is 1.84 bits per heavy atom. The van der Waals surface area contributed by atoms with Crippen LogP contribution in [0.2, 0.25) is 9.36 Å². The van der Waals surface area contributed by atoms with Crippen molar-refractivity contribution in [1.82, 2.24) is 5.32 Å². The van der Waals surface area contributed by atoms with Crippen molar-refractivity contribution in [2.24, 2.45) is 0 Å². The number of hydrogen-bond acceptors (Lipinski definition) is 3. The van der Waals surface area contributed by atoms with Crippen LogP contribution in [0.1, 0.15) is 29.4 Å². The number of halogens is 2. The first-order valence-electron chi connectivity index (χ1n) is 5.97. The Morgan fingerprint density at radius 3 is 2.37 bits per heavy atom. The Bertz CT molecular complexity index is 526. The molecule has 0 amide bonds. The Kier molecular flexibility index (Phi) is 5.25. The van der Waals surface area contributed by atoms with Crippen molar-refractivity contribution in [3.05, 3.63) is 56.2 Å². The molecule has 0 saturated heterocycles. The molecule has 1 aromatic heterocycles. The first kappa shape index (κ1) is 14.8. The average molecular weight is 316 g/mol. The molecule has 0 fully saturated rings. The third-order valence-corrected chi connectivity index (χ3v) is 4.59. The second kappa shape index (κ2) is 6.73. The van der Waals surface area contributed by atoms with Gasteiger partial charge in [0.25, 0.3) is 0 Å². The Labute approximate surface area is 127 Å². The highest BCUT2D eigenvalue weighted by Gasteiger charge is 2.15. The number of thiophene rings is 1. The lowest BCUT2D eigenvalue weighted by Gasteiger charge is -2.21. The number of aliphatic hydroxyl groups is 1. The van der Waals surface area contributed by atoms with Gasteiger partial charge in [0.05, 0.1) is 17.0 Å². The molecular formula is C14H15Cl2NOS. The fourth-order valence-electron chi connectivity index (χ4n) is 1.89. The molecule has 102 valence electrons. The van der Waals surface area contributed by atoms with Gasteiger partial charge in [0.15, 0.2) is 0 Å². The van der Waals surface area contributed by atoms with Crippen molar-refractivity contribution in [3.63, 3.8) is 0 Å². The number of aliphatic hydroxyl groups excluding tert-OH is 1. The average Bonchev–Trinajstić information content (AvgIpc) is 2.84. The normalized spacial score (nSPS) is 14.3. The molecule has 0 spiro atoms. The summed E-state index contributed by atoms with van der Waals surface area (Å²) in [5.41, 5.74) is 1.02. The summed E-state index contributed by atoms with van der Waals surface area (Å²) in [6, 6.07) is 11.4. The standard InChI is InChI=1S/C14H15Cl2NOS/c1-9(13-6-7-14(16)19-13)17-12(8-18)10-2-4-11(15)5-3-10/h2-7,9,12,17-18H,8H2,1H3. The maximum Gasteiger partial charge on any atom is 0.0931 e. The van der Waals surface area contributed by atoms with Crippen molar-refractivity contribution in [3.8, 4) is 0 Å². The largest absolute Gasteiger partial charge is 0.394 e. The van der Waals surface area contributed by atoms with Crippen LogP contribution in [0.15, 0.2) is 36.4 Å². The van der Waals surface area contributed by atoms with Gasteiger partial charge in [0.2, 0.25) is 0 Å². The first-order chi connectivity index (χ1) is 9.10. The lowest BCUT2D eigenvalue weighted by Crippen LogP contribution is -2.26. The molecule has 0 radical (unpaired) electrons. The fourth-order valence-corrected chi connectivity index (χ4v) is 3.09. The molecule has 2 N–H and O–H groups in total. The summed E-state index contributed by atoms with van der Waals surface area (Å²) in [6.07, 6.45) is 0. The van der Waals surface area contributed by atoms with E-state index < -0.39 is 0 Å². The summed E-state index contributed by atoms with van der Waals surface area (Å²) in [6.45, 7) is 2.09. The monoisotopic (exact) mass is 315 g/mol. The van der Waals surface area contributed by atoms with E-state index in [1.165, 1.54) is 0 Å². The van der Waals surface area contributed by atoms with E-state index in [2.05, 4.69) is 12.2 Å². The zero-order chi connectivity index (χ0) is 13.8. The van der Waals surface area contributed by atoms with Crippen molar-refractivity contribution in [2.75, 3.05) is 6.61 Å². The zero-order valence-electron chi connectivity index (χ0n) is 10.4. The second-order valence-corrected chi connectivity index (χ2v) is 6.50. The van der Waals surface area contributed by atoms with Crippen molar-refractivity contribution < 1.29 is 5.11 Å². The highest BCUT2D eigenvalue weighted by atomic mass is 35.5. The summed E-state index contributed by atoms with van der Waals surface area (Å²) in [5, 5.41) is 13.6. The smallest absolute Gasteiger partial charge is 0.0931 e. The second-order valence-electron chi connectivity index (χ2n) is 4.32. The molecule has 2 unspecified atom stereocenters. The van der Waals surface area contributed by atoms with Gasteiger partial charge in [-0.15, -0.1) is 11.3 Å². The topological polar surface area (TPSA) is 32.3 Å². The van der Waals surface area contributed by atoms with Crippen LogP contribution in [0.3, 0.4) is 0 Å². The molecule has 2 rings (SSSR count). The molecule has 1 heterocycles. The molecule has 1 aromatic carbocycles. The fraction of sp³-hybridized carbons (Fsp3) is 0.286. The van der Waals surface area contributed by atoms with Gasteiger partial charge < -0.3 is 10.4 Å². The third-order valence-electron chi connectivity index (χ3n) is 2.93. The summed E-state index contributed by atoms with van der Waals surface area (Å²) < 4.78 is 0.774. The molecule has 2 aromatic rings. The van der Waals surface area contributed by atoms with Crippen molar-refractivity contribution >= 4 is 34.5 Å². The molecule has 2 nitrogen and oxygen atoms in total. The van der Waals surface area contributed by atoms with Crippen LogP contribution in [-0.2, 0) is 0 Å². The minimum Gasteiger partial charge on any atom is -0.394 e. The highest BCUT2D eigenvalue weighted by molar-refractivity contribution is 7.16. The maximum atomic E-state index is 9.53. The van der Waals surface area contributed by atoms with E-state index in [9.17, 15) is 5.11 Å². The molecule has 5 heteroatoms. The predicted molar refractivity (Wildman–Crippen MR) is 82.2 cm³/mol. The van der Waals surface area contributed by atoms with Gasteiger partial charge >= 0.3 is 0 Å². The van der Waals surface area contributed by atoms with Gasteiger partial charge in [0, 0.05) is 15.9 Å². The van der Waals surface area contributed by atoms with Crippen LogP contribution in [-0.4, -0.2) is 11.7 Å². The van der Waals surface area contributed by atoms with Gasteiger partial charge in [0.1, 0.15) is 0 Å². The van der Waals surface area contributed by atoms with E-state index in [0.717, 1.165) is 14.8 Å². The van der Waals surface area contributed by atoms with Gasteiger partial charge in [-0.05, 0) is 36.8 Å². The van der Waals surface area contributed by atoms with Crippen LogP contribution in [0, 0.1) is 0 Å². The molecule has 0 aliphatic rings. The molecule has 2 atom stereocenters. The first-order valence-corrected chi connectivity index (χ1v) is 7.55. The molecule has 0 aliphatic carbocycles. The van der Waals surface area contributed by atoms with E-state index in [1.807, 2.05) is 36.4 Å². The van der Waals surface area contributed by atoms with Gasteiger partial charge in [-0.25, -0.2) is 0 Å². The van der Waals surface area contributed by atoms with E-state index in [-0.39, 0.29) is 18.7 Å². The molecule has 0 saturated carbocycles. The molecule has 0 bridgehead atoms. The van der Waals surface area contributed by atoms with E-state index in [1.54, 1.807) is 11.3 Å². The van der Waals surface area contributed by atoms with Crippen LogP contribution >= 0.6 is 34.5 Å². The van der Waals surface area contributed by atoms with Crippen LogP contribution in [0.25, 0.3) is 0 Å². The van der Waals surface area contributed by atoms with Crippen molar-refractivity contribution in [1.29, 1.82) is 0 Å². The third kappa shape index (κ3) is 3.94. The quantitative estimate of drug-likeness (QED) is 0.855. The molecular weight excluding hydrogens is 301 g/mol. The minimum absolute atomic E-state index is 0.0328.